The van der Waals surface area contributed by atoms with Gasteiger partial charge in [0.25, 0.3) is 0 Å². The number of carbonyl (C=O) groups excluding carboxylic acids is 1. The minimum Gasteiger partial charge on any atom is -0.456 e. The van der Waals surface area contributed by atoms with Crippen LogP contribution in [-0.4, -0.2) is 50.3 Å². The lowest BCUT2D eigenvalue weighted by molar-refractivity contribution is -0.196. The zero-order valence-corrected chi connectivity index (χ0v) is 19.2. The van der Waals surface area contributed by atoms with Crippen LogP contribution in [-0.2, 0) is 29.3 Å². The zero-order valence-electron chi connectivity index (χ0n) is 19.2. The smallest absolute Gasteiger partial charge is 0.309 e. The predicted molar refractivity (Wildman–Crippen MR) is 116 cm³/mol. The summed E-state index contributed by atoms with van der Waals surface area (Å²) in [6.07, 6.45) is 5.82. The molecule has 5 fully saturated rings. The summed E-state index contributed by atoms with van der Waals surface area (Å²) >= 11 is 0. The fourth-order valence-electron chi connectivity index (χ4n) is 7.29. The molecule has 7 rings (SSSR count). The highest BCUT2D eigenvalue weighted by Gasteiger charge is 2.88. The Hall–Kier alpha value is -2.23. The molecule has 5 aliphatic rings. The van der Waals surface area contributed by atoms with E-state index < -0.39 is 29.2 Å². The number of nitrogens with two attached hydrogens (primary N) is 1. The first-order valence-corrected chi connectivity index (χ1v) is 12.1. The van der Waals surface area contributed by atoms with E-state index in [4.69, 9.17) is 24.7 Å². The molecule has 33 heavy (non-hydrogen) atoms. The van der Waals surface area contributed by atoms with E-state index in [2.05, 4.69) is 10.1 Å². The Kier molecular flexibility index (Phi) is 3.82. The van der Waals surface area contributed by atoms with E-state index in [0.29, 0.717) is 23.2 Å². The lowest BCUT2D eigenvalue weighted by Crippen LogP contribution is -2.45. The largest absolute Gasteiger partial charge is 0.456 e. The summed E-state index contributed by atoms with van der Waals surface area (Å²) in [5, 5.41) is 4.39. The van der Waals surface area contributed by atoms with Gasteiger partial charge >= 0.3 is 5.97 Å². The van der Waals surface area contributed by atoms with Gasteiger partial charge < -0.3 is 24.7 Å². The molecule has 3 aliphatic carbocycles. The monoisotopic (exact) mass is 454 g/mol. The summed E-state index contributed by atoms with van der Waals surface area (Å²) in [6, 6.07) is 3.82. The molecular weight excluding hydrogens is 424 g/mol. The summed E-state index contributed by atoms with van der Waals surface area (Å²) < 4.78 is 27.2. The third-order valence-electron chi connectivity index (χ3n) is 8.72. The van der Waals surface area contributed by atoms with Crippen LogP contribution >= 0.6 is 0 Å². The molecule has 3 unspecified atom stereocenters. The molecule has 2 aromatic heterocycles. The van der Waals surface area contributed by atoms with Crippen molar-refractivity contribution >= 4 is 17.3 Å². The molecule has 1 spiro atoms. The van der Waals surface area contributed by atoms with Crippen molar-refractivity contribution in [2.75, 3.05) is 5.73 Å². The highest BCUT2D eigenvalue weighted by molar-refractivity contribution is 5.74. The second-order valence-electron chi connectivity index (χ2n) is 11.1. The molecule has 2 saturated heterocycles. The molecule has 0 aromatic carbocycles. The quantitative estimate of drug-likeness (QED) is 0.705. The molecule has 2 aromatic rings. The van der Waals surface area contributed by atoms with Crippen molar-refractivity contribution in [2.24, 2.45) is 17.8 Å². The third-order valence-corrected chi connectivity index (χ3v) is 8.72. The number of fused-ring (bicyclic) bond motifs is 2. The number of esters is 1. The van der Waals surface area contributed by atoms with Gasteiger partial charge in [0.05, 0.1) is 11.6 Å². The van der Waals surface area contributed by atoms with Gasteiger partial charge in [-0.05, 0) is 57.6 Å². The first-order valence-electron chi connectivity index (χ1n) is 12.1. The Morgan fingerprint density at radius 1 is 1.18 bits per heavy atom. The summed E-state index contributed by atoms with van der Waals surface area (Å²) in [6.45, 7) is 5.76. The van der Waals surface area contributed by atoms with Crippen LogP contribution in [0.4, 0.5) is 5.82 Å². The zero-order chi connectivity index (χ0) is 22.8. The van der Waals surface area contributed by atoms with E-state index >= 15 is 0 Å². The van der Waals surface area contributed by atoms with Gasteiger partial charge in [-0.15, -0.1) is 0 Å². The van der Waals surface area contributed by atoms with Gasteiger partial charge in [-0.3, -0.25) is 4.79 Å². The topological polar surface area (TPSA) is 110 Å². The van der Waals surface area contributed by atoms with Gasteiger partial charge in [-0.2, -0.15) is 5.10 Å². The SMILES string of the molecule is CC1(C)O[C@@H]2[C@@]3(O1)C(OC(=O)C1CC4CCCC4C1)[C@H]3O[C@@]2(C)c1ccc2c(N)ncnn12. The van der Waals surface area contributed by atoms with Gasteiger partial charge in [0.2, 0.25) is 0 Å². The van der Waals surface area contributed by atoms with Crippen LogP contribution in [0.15, 0.2) is 18.5 Å². The highest BCUT2D eigenvalue weighted by atomic mass is 16.8. The van der Waals surface area contributed by atoms with Crippen molar-refractivity contribution in [3.05, 3.63) is 24.2 Å². The van der Waals surface area contributed by atoms with Gasteiger partial charge in [0.15, 0.2) is 23.3 Å². The second kappa shape index (κ2) is 6.25. The Labute approximate surface area is 191 Å². The maximum absolute atomic E-state index is 13.1. The number of rotatable bonds is 3. The standard InChI is InChI=1S/C24H30N4O5/c1-22(2)32-21-23(3,16-8-7-15-19(25)26-11-27-28(15)16)31-18-17(24(18,21)33-22)30-20(29)14-9-12-5-4-6-13(12)10-14/h7-8,11-14,17-18,21H,4-6,9-10H2,1-3H3,(H2,25,26,27)/t12?,13?,14?,17?,18-,21+,23+,24-/m1/s1. The fourth-order valence-corrected chi connectivity index (χ4v) is 7.29. The number of nitrogen functional groups attached to an aromatic ring is 1. The molecule has 2 aliphatic heterocycles. The summed E-state index contributed by atoms with van der Waals surface area (Å²) in [5.41, 5.74) is 5.89. The maximum Gasteiger partial charge on any atom is 0.309 e. The highest BCUT2D eigenvalue weighted by Crippen LogP contribution is 2.67. The van der Waals surface area contributed by atoms with E-state index in [-0.39, 0.29) is 18.0 Å². The van der Waals surface area contributed by atoms with E-state index in [1.807, 2.05) is 32.9 Å². The molecule has 176 valence electrons. The van der Waals surface area contributed by atoms with Crippen LogP contribution in [0.5, 0.6) is 0 Å². The number of aromatic nitrogens is 3. The van der Waals surface area contributed by atoms with E-state index in [9.17, 15) is 4.79 Å². The van der Waals surface area contributed by atoms with Gasteiger partial charge in [0, 0.05) is 0 Å². The molecule has 0 amide bonds. The Morgan fingerprint density at radius 3 is 2.70 bits per heavy atom. The number of ether oxygens (including phenoxy) is 4. The lowest BCUT2D eigenvalue weighted by atomic mass is 9.91. The molecule has 0 bridgehead atoms. The Morgan fingerprint density at radius 2 is 1.94 bits per heavy atom. The van der Waals surface area contributed by atoms with Crippen LogP contribution in [0.25, 0.3) is 5.52 Å². The van der Waals surface area contributed by atoms with Gasteiger partial charge in [-0.1, -0.05) is 19.3 Å². The molecule has 2 N–H and O–H groups in total. The minimum atomic E-state index is -0.848. The van der Waals surface area contributed by atoms with Crippen LogP contribution in [0.2, 0.25) is 0 Å². The van der Waals surface area contributed by atoms with Gasteiger partial charge in [0.1, 0.15) is 29.7 Å². The molecule has 9 heteroatoms. The molecular formula is C24H30N4O5. The normalized spacial score (nSPS) is 44.6. The van der Waals surface area contributed by atoms with Crippen molar-refractivity contribution < 1.29 is 23.7 Å². The van der Waals surface area contributed by atoms with E-state index in [1.165, 1.54) is 25.6 Å². The Bertz CT molecular complexity index is 1150. The van der Waals surface area contributed by atoms with E-state index in [0.717, 1.165) is 18.5 Å². The first-order chi connectivity index (χ1) is 15.7. The van der Waals surface area contributed by atoms with Crippen LogP contribution in [0.3, 0.4) is 0 Å². The summed E-state index contributed by atoms with van der Waals surface area (Å²) in [7, 11) is 0. The average Bonchev–Trinajstić information content (AvgIpc) is 3.36. The third kappa shape index (κ3) is 2.56. The number of carbonyl (C=O) groups is 1. The lowest BCUT2D eigenvalue weighted by Gasteiger charge is -2.33. The number of nitrogens with zero attached hydrogens (tertiary/aromatic N) is 3. The summed E-state index contributed by atoms with van der Waals surface area (Å²) in [5.74, 6) is 0.842. The summed E-state index contributed by atoms with van der Waals surface area (Å²) in [4.78, 5) is 17.2. The van der Waals surface area contributed by atoms with Crippen molar-refractivity contribution in [3.8, 4) is 0 Å². The van der Waals surface area contributed by atoms with E-state index in [1.54, 1.807) is 4.52 Å². The molecule has 3 saturated carbocycles. The molecule has 7 atom stereocenters. The minimum absolute atomic E-state index is 0.00700. The van der Waals surface area contributed by atoms with Gasteiger partial charge in [-0.25, -0.2) is 9.50 Å². The molecule has 4 heterocycles. The van der Waals surface area contributed by atoms with Crippen molar-refractivity contribution in [1.29, 1.82) is 0 Å². The average molecular weight is 455 g/mol. The number of hydrogen-bond donors (Lipinski definition) is 1. The van der Waals surface area contributed by atoms with Crippen LogP contribution < -0.4 is 5.73 Å². The van der Waals surface area contributed by atoms with Crippen LogP contribution in [0, 0.1) is 17.8 Å². The molecule has 9 nitrogen and oxygen atoms in total. The van der Waals surface area contributed by atoms with Crippen LogP contribution in [0.1, 0.15) is 58.6 Å². The maximum atomic E-state index is 13.1. The fraction of sp³-hybridized carbons (Fsp3) is 0.708. The first kappa shape index (κ1) is 20.2. The van der Waals surface area contributed by atoms with Crippen molar-refractivity contribution in [2.45, 2.75) is 88.2 Å². The Balaban J connectivity index is 1.18. The van der Waals surface area contributed by atoms with Crippen molar-refractivity contribution in [3.63, 3.8) is 0 Å². The predicted octanol–water partition coefficient (Wildman–Crippen LogP) is 2.57. The van der Waals surface area contributed by atoms with Crippen molar-refractivity contribution in [1.82, 2.24) is 14.6 Å². The number of hydrogen-bond acceptors (Lipinski definition) is 8. The second-order valence-corrected chi connectivity index (χ2v) is 11.1. The number of anilines is 1. The molecule has 0 radical (unpaired) electrons.